The van der Waals surface area contributed by atoms with E-state index >= 15 is 0 Å². The highest BCUT2D eigenvalue weighted by atomic mass is 32.2. The van der Waals surface area contributed by atoms with Gasteiger partial charge in [-0.2, -0.15) is 4.31 Å². The highest BCUT2D eigenvalue weighted by molar-refractivity contribution is 7.89. The second-order valence-electron chi connectivity index (χ2n) is 4.68. The molecule has 1 aromatic rings. The highest BCUT2D eigenvalue weighted by Crippen LogP contribution is 2.22. The minimum absolute atomic E-state index is 0.000537. The largest absolute Gasteiger partial charge is 0.387 e. The van der Waals surface area contributed by atoms with Crippen LogP contribution < -0.4 is 5.73 Å². The Morgan fingerprint density at radius 3 is 2.68 bits per heavy atom. The molecule has 2 heterocycles. The first-order valence-electron chi connectivity index (χ1n) is 6.33. The molecule has 0 bridgehead atoms. The number of sulfonamides is 1. The summed E-state index contributed by atoms with van der Waals surface area (Å²) in [5.74, 6) is 0.809. The zero-order valence-corrected chi connectivity index (χ0v) is 11.7. The smallest absolute Gasteiger partial charge is 0.260 e. The standard InChI is InChI=1S/C11H19N5O2S/c1-2-9-14-7-10(15-9)19(17,18)16-5-3-8(4-6-16)11(12)13/h7-8H,2-6H2,1H3,(H3,12,13)(H,14,15). The van der Waals surface area contributed by atoms with Gasteiger partial charge >= 0.3 is 0 Å². The third-order valence-corrected chi connectivity index (χ3v) is 5.26. The summed E-state index contributed by atoms with van der Waals surface area (Å²) < 4.78 is 26.2. The average Bonchev–Trinajstić information content (AvgIpc) is 2.88. The lowest BCUT2D eigenvalue weighted by Crippen LogP contribution is -2.41. The van der Waals surface area contributed by atoms with Crippen LogP contribution in [0.15, 0.2) is 11.2 Å². The van der Waals surface area contributed by atoms with Crippen LogP contribution in [0.25, 0.3) is 0 Å². The fourth-order valence-corrected chi connectivity index (χ4v) is 3.60. The topological polar surface area (TPSA) is 116 Å². The summed E-state index contributed by atoms with van der Waals surface area (Å²) in [6.07, 6.45) is 3.24. The maximum atomic E-state index is 12.4. The molecule has 1 saturated heterocycles. The van der Waals surface area contributed by atoms with Crippen LogP contribution in [0.3, 0.4) is 0 Å². The van der Waals surface area contributed by atoms with Gasteiger partial charge in [0.05, 0.1) is 12.0 Å². The number of nitrogens with zero attached hydrogens (tertiary/aromatic N) is 2. The molecule has 0 saturated carbocycles. The van der Waals surface area contributed by atoms with Crippen molar-refractivity contribution in [2.24, 2.45) is 11.7 Å². The fourth-order valence-electron chi connectivity index (χ4n) is 2.20. The molecule has 1 aromatic heterocycles. The van der Waals surface area contributed by atoms with Crippen molar-refractivity contribution in [1.29, 1.82) is 5.41 Å². The van der Waals surface area contributed by atoms with Crippen molar-refractivity contribution >= 4 is 15.9 Å². The van der Waals surface area contributed by atoms with Gasteiger partial charge in [-0.15, -0.1) is 0 Å². The van der Waals surface area contributed by atoms with Crippen LogP contribution in [-0.2, 0) is 16.4 Å². The van der Waals surface area contributed by atoms with Crippen LogP contribution >= 0.6 is 0 Å². The number of amidine groups is 1. The second-order valence-corrected chi connectivity index (χ2v) is 6.59. The van der Waals surface area contributed by atoms with Crippen LogP contribution in [0.4, 0.5) is 0 Å². The molecule has 1 aliphatic rings. The maximum absolute atomic E-state index is 12.4. The summed E-state index contributed by atoms with van der Waals surface area (Å²) in [7, 11) is -3.50. The number of hydrogen-bond donors (Lipinski definition) is 3. The van der Waals surface area contributed by atoms with E-state index < -0.39 is 10.0 Å². The van der Waals surface area contributed by atoms with Crippen molar-refractivity contribution in [2.75, 3.05) is 13.1 Å². The normalized spacial score (nSPS) is 18.6. The third kappa shape index (κ3) is 2.79. The molecular formula is C11H19N5O2S. The number of imidazole rings is 1. The number of piperidine rings is 1. The van der Waals surface area contributed by atoms with Gasteiger partial charge in [-0.05, 0) is 12.8 Å². The lowest BCUT2D eigenvalue weighted by Gasteiger charge is -2.29. The van der Waals surface area contributed by atoms with E-state index in [9.17, 15) is 8.42 Å². The number of hydrogen-bond acceptors (Lipinski definition) is 4. The lowest BCUT2D eigenvalue weighted by molar-refractivity contribution is 0.314. The van der Waals surface area contributed by atoms with E-state index in [-0.39, 0.29) is 16.8 Å². The van der Waals surface area contributed by atoms with E-state index in [4.69, 9.17) is 11.1 Å². The lowest BCUT2D eigenvalue weighted by atomic mass is 9.97. The van der Waals surface area contributed by atoms with Crippen molar-refractivity contribution in [2.45, 2.75) is 31.2 Å². The number of aromatic nitrogens is 2. The van der Waals surface area contributed by atoms with E-state index in [0.29, 0.717) is 38.2 Å². The molecule has 106 valence electrons. The summed E-state index contributed by atoms with van der Waals surface area (Å²) in [4.78, 5) is 6.85. The van der Waals surface area contributed by atoms with Gasteiger partial charge in [0.1, 0.15) is 5.82 Å². The SMILES string of the molecule is CCc1ncc(S(=O)(=O)N2CCC(C(=N)N)CC2)[nH]1. The van der Waals surface area contributed by atoms with Gasteiger partial charge < -0.3 is 10.7 Å². The summed E-state index contributed by atoms with van der Waals surface area (Å²) in [6, 6.07) is 0. The first-order valence-corrected chi connectivity index (χ1v) is 7.77. The van der Waals surface area contributed by atoms with Crippen molar-refractivity contribution in [1.82, 2.24) is 14.3 Å². The van der Waals surface area contributed by atoms with E-state index in [1.54, 1.807) is 0 Å². The zero-order valence-electron chi connectivity index (χ0n) is 10.9. The number of rotatable bonds is 4. The molecule has 1 aliphatic heterocycles. The van der Waals surface area contributed by atoms with Gasteiger partial charge in [0.15, 0.2) is 5.03 Å². The van der Waals surface area contributed by atoms with Gasteiger partial charge in [0.2, 0.25) is 0 Å². The highest BCUT2D eigenvalue weighted by Gasteiger charge is 2.31. The summed E-state index contributed by atoms with van der Waals surface area (Å²) in [5.41, 5.74) is 5.45. The Labute approximate surface area is 112 Å². The van der Waals surface area contributed by atoms with Crippen molar-refractivity contribution < 1.29 is 8.42 Å². The molecular weight excluding hydrogens is 266 g/mol. The maximum Gasteiger partial charge on any atom is 0.260 e. The Morgan fingerprint density at radius 2 is 2.21 bits per heavy atom. The van der Waals surface area contributed by atoms with Crippen molar-refractivity contribution in [3.63, 3.8) is 0 Å². The molecule has 19 heavy (non-hydrogen) atoms. The molecule has 0 aliphatic carbocycles. The van der Waals surface area contributed by atoms with Crippen LogP contribution in [-0.4, -0.2) is 41.6 Å². The van der Waals surface area contributed by atoms with Crippen LogP contribution in [0, 0.1) is 11.3 Å². The molecule has 4 N–H and O–H groups in total. The molecule has 0 radical (unpaired) electrons. The number of aromatic amines is 1. The minimum Gasteiger partial charge on any atom is -0.387 e. The fraction of sp³-hybridized carbons (Fsp3) is 0.636. The molecule has 8 heteroatoms. The molecule has 0 spiro atoms. The summed E-state index contributed by atoms with van der Waals surface area (Å²) in [6.45, 7) is 2.70. The van der Waals surface area contributed by atoms with Crippen LogP contribution in [0.2, 0.25) is 0 Å². The molecule has 0 aromatic carbocycles. The predicted octanol–water partition coefficient (Wildman–Crippen LogP) is 0.309. The van der Waals surface area contributed by atoms with Gasteiger partial charge in [-0.25, -0.2) is 13.4 Å². The summed E-state index contributed by atoms with van der Waals surface area (Å²) in [5, 5.41) is 7.54. The first kappa shape index (κ1) is 14.0. The van der Waals surface area contributed by atoms with E-state index in [1.165, 1.54) is 10.5 Å². The second kappa shape index (κ2) is 5.30. The molecule has 0 amide bonds. The quantitative estimate of drug-likeness (QED) is 0.545. The van der Waals surface area contributed by atoms with Crippen LogP contribution in [0.5, 0.6) is 0 Å². The van der Waals surface area contributed by atoms with Gasteiger partial charge in [0, 0.05) is 25.4 Å². The first-order chi connectivity index (χ1) is 8.95. The average molecular weight is 285 g/mol. The third-order valence-electron chi connectivity index (χ3n) is 3.45. The Morgan fingerprint density at radius 1 is 1.58 bits per heavy atom. The number of H-pyrrole nitrogens is 1. The van der Waals surface area contributed by atoms with Crippen molar-refractivity contribution in [3.05, 3.63) is 12.0 Å². The van der Waals surface area contributed by atoms with Gasteiger partial charge in [-0.3, -0.25) is 5.41 Å². The Bertz CT molecular complexity index is 557. The Hall–Kier alpha value is -1.41. The predicted molar refractivity (Wildman–Crippen MR) is 71.4 cm³/mol. The number of aryl methyl sites for hydroxylation is 1. The molecule has 0 atom stereocenters. The number of nitrogens with one attached hydrogen (secondary N) is 2. The molecule has 2 rings (SSSR count). The zero-order chi connectivity index (χ0) is 14.0. The van der Waals surface area contributed by atoms with E-state index in [1.807, 2.05) is 6.92 Å². The van der Waals surface area contributed by atoms with Gasteiger partial charge in [-0.1, -0.05) is 6.92 Å². The Kier molecular flexibility index (Phi) is 3.91. The molecule has 0 unspecified atom stereocenters. The summed E-state index contributed by atoms with van der Waals surface area (Å²) >= 11 is 0. The Balaban J connectivity index is 2.11. The molecule has 7 nitrogen and oxygen atoms in total. The van der Waals surface area contributed by atoms with E-state index in [2.05, 4.69) is 9.97 Å². The van der Waals surface area contributed by atoms with Crippen LogP contribution in [0.1, 0.15) is 25.6 Å². The van der Waals surface area contributed by atoms with Gasteiger partial charge in [0.25, 0.3) is 10.0 Å². The monoisotopic (exact) mass is 285 g/mol. The minimum atomic E-state index is -3.50. The van der Waals surface area contributed by atoms with E-state index in [0.717, 1.165) is 0 Å². The number of nitrogens with two attached hydrogens (primary N) is 1. The van der Waals surface area contributed by atoms with Crippen molar-refractivity contribution in [3.8, 4) is 0 Å². The molecule has 1 fully saturated rings.